The van der Waals surface area contributed by atoms with Crippen LogP contribution in [-0.4, -0.2) is 5.88 Å². The first-order chi connectivity index (χ1) is 6.19. The van der Waals surface area contributed by atoms with E-state index in [0.29, 0.717) is 27.9 Å². The van der Waals surface area contributed by atoms with Gasteiger partial charge in [0, 0.05) is 10.9 Å². The summed E-state index contributed by atoms with van der Waals surface area (Å²) in [6.07, 6.45) is 0.602. The number of alkyl halides is 1. The van der Waals surface area contributed by atoms with Gasteiger partial charge in [-0.1, -0.05) is 23.2 Å². The van der Waals surface area contributed by atoms with Crippen LogP contribution in [0.3, 0.4) is 0 Å². The van der Waals surface area contributed by atoms with Crippen LogP contribution in [0.4, 0.5) is 0 Å². The standard InChI is InChI=1S/C9H6Cl3N/c10-2-1-6-3-7(11)4-9(12)8(6)5-13/h3-4H,1-2H2. The predicted octanol–water partition coefficient (Wildman–Crippen LogP) is 3.65. The number of hydrogen-bond donors (Lipinski definition) is 0. The summed E-state index contributed by atoms with van der Waals surface area (Å²) >= 11 is 17.2. The monoisotopic (exact) mass is 233 g/mol. The van der Waals surface area contributed by atoms with E-state index in [1.54, 1.807) is 12.1 Å². The highest BCUT2D eigenvalue weighted by Crippen LogP contribution is 2.25. The minimum absolute atomic E-state index is 0.384. The molecule has 1 aromatic carbocycles. The van der Waals surface area contributed by atoms with Crippen molar-refractivity contribution in [1.29, 1.82) is 5.26 Å². The van der Waals surface area contributed by atoms with Crippen LogP contribution in [0.25, 0.3) is 0 Å². The number of hydrogen-bond acceptors (Lipinski definition) is 1. The highest BCUT2D eigenvalue weighted by atomic mass is 35.5. The van der Waals surface area contributed by atoms with Crippen molar-refractivity contribution in [2.45, 2.75) is 6.42 Å². The van der Waals surface area contributed by atoms with E-state index in [1.165, 1.54) is 0 Å². The maximum absolute atomic E-state index is 8.80. The van der Waals surface area contributed by atoms with Gasteiger partial charge in [0.2, 0.25) is 0 Å². The average molecular weight is 235 g/mol. The Morgan fingerprint density at radius 1 is 1.31 bits per heavy atom. The van der Waals surface area contributed by atoms with Gasteiger partial charge in [-0.15, -0.1) is 11.6 Å². The SMILES string of the molecule is N#Cc1c(Cl)cc(Cl)cc1CCCl. The van der Waals surface area contributed by atoms with E-state index in [2.05, 4.69) is 0 Å². The van der Waals surface area contributed by atoms with Crippen LogP contribution in [0, 0.1) is 11.3 Å². The van der Waals surface area contributed by atoms with Crippen LogP contribution in [0.5, 0.6) is 0 Å². The summed E-state index contributed by atoms with van der Waals surface area (Å²) in [5.41, 5.74) is 1.27. The molecular weight excluding hydrogens is 228 g/mol. The molecule has 0 amide bonds. The summed E-state index contributed by atoms with van der Waals surface area (Å²) in [5.74, 6) is 0.450. The van der Waals surface area contributed by atoms with Crippen molar-refractivity contribution in [1.82, 2.24) is 0 Å². The third-order valence-corrected chi connectivity index (χ3v) is 2.32. The second kappa shape index (κ2) is 4.72. The Kier molecular flexibility index (Phi) is 3.87. The van der Waals surface area contributed by atoms with E-state index in [0.717, 1.165) is 5.56 Å². The molecule has 0 unspecified atom stereocenters. The Labute approximate surface area is 91.8 Å². The quantitative estimate of drug-likeness (QED) is 0.717. The molecule has 0 radical (unpaired) electrons. The van der Waals surface area contributed by atoms with E-state index in [1.807, 2.05) is 6.07 Å². The van der Waals surface area contributed by atoms with Crippen molar-refractivity contribution in [3.8, 4) is 6.07 Å². The smallest absolute Gasteiger partial charge is 0.101 e. The van der Waals surface area contributed by atoms with Gasteiger partial charge in [-0.05, 0) is 24.1 Å². The lowest BCUT2D eigenvalue weighted by atomic mass is 10.1. The van der Waals surface area contributed by atoms with Crippen molar-refractivity contribution in [2.75, 3.05) is 5.88 Å². The maximum atomic E-state index is 8.80. The van der Waals surface area contributed by atoms with Gasteiger partial charge in [-0.3, -0.25) is 0 Å². The normalized spacial score (nSPS) is 9.69. The first kappa shape index (κ1) is 10.7. The molecule has 0 saturated carbocycles. The zero-order chi connectivity index (χ0) is 9.84. The molecule has 0 fully saturated rings. The van der Waals surface area contributed by atoms with Gasteiger partial charge >= 0.3 is 0 Å². The van der Waals surface area contributed by atoms with Crippen molar-refractivity contribution >= 4 is 34.8 Å². The predicted molar refractivity (Wildman–Crippen MR) is 55.6 cm³/mol. The van der Waals surface area contributed by atoms with E-state index in [4.69, 9.17) is 40.1 Å². The molecule has 0 spiro atoms. The summed E-state index contributed by atoms with van der Waals surface area (Å²) in [4.78, 5) is 0. The van der Waals surface area contributed by atoms with Crippen LogP contribution < -0.4 is 0 Å². The Morgan fingerprint density at radius 2 is 2.00 bits per heavy atom. The highest BCUT2D eigenvalue weighted by molar-refractivity contribution is 6.35. The first-order valence-corrected chi connectivity index (χ1v) is 4.92. The molecule has 0 atom stereocenters. The number of nitriles is 1. The minimum atomic E-state index is 0.384. The van der Waals surface area contributed by atoms with Crippen LogP contribution in [0.1, 0.15) is 11.1 Å². The fourth-order valence-electron chi connectivity index (χ4n) is 1.05. The Bertz CT molecular complexity index is 355. The molecule has 0 heterocycles. The number of nitrogens with zero attached hydrogens (tertiary/aromatic N) is 1. The Morgan fingerprint density at radius 3 is 2.54 bits per heavy atom. The third-order valence-electron chi connectivity index (χ3n) is 1.61. The second-order valence-corrected chi connectivity index (χ2v) is 3.69. The lowest BCUT2D eigenvalue weighted by molar-refractivity contribution is 1.14. The molecule has 0 aliphatic heterocycles. The molecule has 0 aromatic heterocycles. The van der Waals surface area contributed by atoms with E-state index < -0.39 is 0 Å². The van der Waals surface area contributed by atoms with Gasteiger partial charge in [0.1, 0.15) is 6.07 Å². The molecule has 1 aromatic rings. The zero-order valence-corrected chi connectivity index (χ0v) is 8.92. The summed E-state index contributed by atoms with van der Waals surface area (Å²) in [6.45, 7) is 0. The molecule has 1 rings (SSSR count). The van der Waals surface area contributed by atoms with Gasteiger partial charge in [-0.2, -0.15) is 5.26 Å². The molecule has 0 aliphatic carbocycles. The van der Waals surface area contributed by atoms with Crippen molar-refractivity contribution < 1.29 is 0 Å². The fourth-order valence-corrected chi connectivity index (χ4v) is 1.83. The topological polar surface area (TPSA) is 23.8 Å². The number of rotatable bonds is 2. The maximum Gasteiger partial charge on any atom is 0.101 e. The third kappa shape index (κ3) is 2.51. The molecule has 68 valence electrons. The van der Waals surface area contributed by atoms with Gasteiger partial charge in [0.15, 0.2) is 0 Å². The van der Waals surface area contributed by atoms with Crippen molar-refractivity contribution in [3.05, 3.63) is 33.3 Å². The molecule has 1 nitrogen and oxygen atoms in total. The Hall–Kier alpha value is -0.420. The van der Waals surface area contributed by atoms with Gasteiger partial charge < -0.3 is 0 Å². The van der Waals surface area contributed by atoms with E-state index in [9.17, 15) is 0 Å². The second-order valence-electron chi connectivity index (χ2n) is 2.47. The molecule has 0 bridgehead atoms. The minimum Gasteiger partial charge on any atom is -0.192 e. The van der Waals surface area contributed by atoms with Crippen molar-refractivity contribution in [3.63, 3.8) is 0 Å². The highest BCUT2D eigenvalue weighted by Gasteiger charge is 2.07. The van der Waals surface area contributed by atoms with Crippen molar-refractivity contribution in [2.24, 2.45) is 0 Å². The van der Waals surface area contributed by atoms with Gasteiger partial charge in [0.25, 0.3) is 0 Å². The van der Waals surface area contributed by atoms with Gasteiger partial charge in [-0.25, -0.2) is 0 Å². The lowest BCUT2D eigenvalue weighted by Gasteiger charge is -2.03. The van der Waals surface area contributed by atoms with Crippen LogP contribution in [0.15, 0.2) is 12.1 Å². The molecule has 0 saturated heterocycles. The largest absolute Gasteiger partial charge is 0.192 e. The molecule has 4 heteroatoms. The molecular formula is C9H6Cl3N. The number of aryl methyl sites for hydroxylation is 1. The summed E-state index contributed by atoms with van der Waals surface area (Å²) in [6, 6.07) is 5.30. The average Bonchev–Trinajstić information content (AvgIpc) is 2.04. The van der Waals surface area contributed by atoms with Crippen LogP contribution in [-0.2, 0) is 6.42 Å². The summed E-state index contributed by atoms with van der Waals surface area (Å²) in [5, 5.41) is 9.71. The number of halogens is 3. The van der Waals surface area contributed by atoms with E-state index in [-0.39, 0.29) is 0 Å². The Balaban J connectivity index is 3.23. The number of benzene rings is 1. The zero-order valence-electron chi connectivity index (χ0n) is 6.65. The van der Waals surface area contributed by atoms with Crippen LogP contribution in [0.2, 0.25) is 10.0 Å². The van der Waals surface area contributed by atoms with Gasteiger partial charge in [0.05, 0.1) is 10.6 Å². The first-order valence-electron chi connectivity index (χ1n) is 3.63. The fraction of sp³-hybridized carbons (Fsp3) is 0.222. The summed E-state index contributed by atoms with van der Waals surface area (Å²) in [7, 11) is 0. The lowest BCUT2D eigenvalue weighted by Crippen LogP contribution is -1.92. The molecule has 13 heavy (non-hydrogen) atoms. The summed E-state index contributed by atoms with van der Waals surface area (Å²) < 4.78 is 0. The molecule has 0 N–H and O–H groups in total. The van der Waals surface area contributed by atoms with E-state index >= 15 is 0 Å². The molecule has 0 aliphatic rings. The van der Waals surface area contributed by atoms with Crippen LogP contribution >= 0.6 is 34.8 Å².